The molecular weight excluding hydrogens is 210 g/mol. The van der Waals surface area contributed by atoms with Crippen LogP contribution in [0.2, 0.25) is 0 Å². The van der Waals surface area contributed by atoms with Gasteiger partial charge in [-0.05, 0) is 48.3 Å². The second-order valence-electron chi connectivity index (χ2n) is 6.39. The van der Waals surface area contributed by atoms with Crippen LogP contribution in [0.3, 0.4) is 0 Å². The van der Waals surface area contributed by atoms with Crippen LogP contribution in [0.1, 0.15) is 26.2 Å². The number of hydrogen-bond donors (Lipinski definition) is 0. The summed E-state index contributed by atoms with van der Waals surface area (Å²) in [5.74, 6) is 4.51. The lowest BCUT2D eigenvalue weighted by Gasteiger charge is -2.37. The van der Waals surface area contributed by atoms with Crippen molar-refractivity contribution >= 4 is 0 Å². The number of hydrogen-bond acceptors (Lipinski definition) is 2. The molecule has 4 aliphatic rings. The number of ether oxygens (including phenoxy) is 1. The Morgan fingerprint density at radius 3 is 2.65 bits per heavy atom. The summed E-state index contributed by atoms with van der Waals surface area (Å²) in [5, 5.41) is 8.77. The molecule has 0 N–H and O–H groups in total. The maximum absolute atomic E-state index is 8.77. The Kier molecular flexibility index (Phi) is 2.00. The van der Waals surface area contributed by atoms with Crippen molar-refractivity contribution in [1.29, 1.82) is 5.26 Å². The summed E-state index contributed by atoms with van der Waals surface area (Å²) in [7, 11) is 0. The quantitative estimate of drug-likeness (QED) is 0.682. The van der Waals surface area contributed by atoms with Crippen LogP contribution in [0, 0.1) is 46.8 Å². The Hall–Kier alpha value is -0.810. The molecule has 0 aromatic rings. The standard InChI is InChI=1S/C15H19NO/c1-8-11(3-2-6-16)15-13-10-5-4-9(7-10)12(13)14(8)17-15/h4-5,8-15H,2-3,7H2,1H3. The zero-order chi connectivity index (χ0) is 11.6. The van der Waals surface area contributed by atoms with Gasteiger partial charge in [-0.25, -0.2) is 0 Å². The van der Waals surface area contributed by atoms with Gasteiger partial charge in [-0.1, -0.05) is 19.1 Å². The molecule has 2 heteroatoms. The van der Waals surface area contributed by atoms with Gasteiger partial charge in [0.15, 0.2) is 0 Å². The smallest absolute Gasteiger partial charge is 0.0648 e. The van der Waals surface area contributed by atoms with Crippen LogP contribution in [0.15, 0.2) is 12.2 Å². The van der Waals surface area contributed by atoms with Crippen molar-refractivity contribution in [2.75, 3.05) is 0 Å². The van der Waals surface area contributed by atoms with Gasteiger partial charge in [-0.2, -0.15) is 5.26 Å². The molecule has 0 radical (unpaired) electrons. The summed E-state index contributed by atoms with van der Waals surface area (Å²) in [6.45, 7) is 2.35. The van der Waals surface area contributed by atoms with Crippen molar-refractivity contribution in [2.24, 2.45) is 35.5 Å². The molecule has 4 bridgehead atoms. The highest BCUT2D eigenvalue weighted by Crippen LogP contribution is 2.63. The Balaban J connectivity index is 1.61. The molecule has 2 heterocycles. The van der Waals surface area contributed by atoms with Gasteiger partial charge in [-0.3, -0.25) is 0 Å². The van der Waals surface area contributed by atoms with Crippen LogP contribution >= 0.6 is 0 Å². The van der Waals surface area contributed by atoms with E-state index in [0.717, 1.165) is 30.1 Å². The average Bonchev–Trinajstić information content (AvgIpc) is 3.04. The monoisotopic (exact) mass is 229 g/mol. The van der Waals surface area contributed by atoms with E-state index in [0.29, 0.717) is 30.5 Å². The molecule has 2 aliphatic heterocycles. The van der Waals surface area contributed by atoms with Gasteiger partial charge in [0.2, 0.25) is 0 Å². The molecule has 17 heavy (non-hydrogen) atoms. The number of fused-ring (bicyclic) bond motifs is 9. The fourth-order valence-corrected chi connectivity index (χ4v) is 5.25. The second kappa shape index (κ2) is 3.36. The van der Waals surface area contributed by atoms with Crippen LogP contribution in [0.5, 0.6) is 0 Å². The molecule has 8 atom stereocenters. The summed E-state index contributed by atoms with van der Waals surface area (Å²) in [5.41, 5.74) is 0. The van der Waals surface area contributed by atoms with E-state index in [4.69, 9.17) is 10.00 Å². The van der Waals surface area contributed by atoms with E-state index in [9.17, 15) is 0 Å². The van der Waals surface area contributed by atoms with Crippen LogP contribution in [0.25, 0.3) is 0 Å². The molecular formula is C15H19NO. The third kappa shape index (κ3) is 1.14. The lowest BCUT2D eigenvalue weighted by molar-refractivity contribution is 0.0587. The molecule has 2 nitrogen and oxygen atoms in total. The molecule has 4 rings (SSSR count). The molecule has 1 saturated carbocycles. The predicted molar refractivity (Wildman–Crippen MR) is 63.9 cm³/mol. The van der Waals surface area contributed by atoms with Gasteiger partial charge >= 0.3 is 0 Å². The van der Waals surface area contributed by atoms with E-state index in [1.54, 1.807) is 0 Å². The fraction of sp³-hybridized carbons (Fsp3) is 0.800. The van der Waals surface area contributed by atoms with E-state index in [1.165, 1.54) is 6.42 Å². The Labute approximate surface area is 103 Å². The van der Waals surface area contributed by atoms with Gasteiger partial charge in [0.25, 0.3) is 0 Å². The van der Waals surface area contributed by atoms with Crippen molar-refractivity contribution in [1.82, 2.24) is 0 Å². The minimum absolute atomic E-state index is 0.466. The first-order chi connectivity index (χ1) is 8.31. The fourth-order valence-electron chi connectivity index (χ4n) is 5.25. The largest absolute Gasteiger partial charge is 0.374 e. The molecule has 8 unspecified atom stereocenters. The highest BCUT2D eigenvalue weighted by Gasteiger charge is 2.64. The van der Waals surface area contributed by atoms with Gasteiger partial charge < -0.3 is 4.74 Å². The first-order valence-corrected chi connectivity index (χ1v) is 7.02. The molecule has 2 aliphatic carbocycles. The van der Waals surface area contributed by atoms with Crippen LogP contribution in [0.4, 0.5) is 0 Å². The minimum Gasteiger partial charge on any atom is -0.374 e. The van der Waals surface area contributed by atoms with Crippen molar-refractivity contribution < 1.29 is 4.74 Å². The maximum atomic E-state index is 8.77. The Bertz CT molecular complexity index is 410. The average molecular weight is 229 g/mol. The summed E-state index contributed by atoms with van der Waals surface area (Å²) >= 11 is 0. The molecule has 0 spiro atoms. The molecule has 3 fully saturated rings. The highest BCUT2D eigenvalue weighted by molar-refractivity contribution is 5.22. The third-order valence-corrected chi connectivity index (χ3v) is 5.86. The summed E-state index contributed by atoms with van der Waals surface area (Å²) < 4.78 is 6.29. The molecule has 0 amide bonds. The molecule has 0 aromatic heterocycles. The second-order valence-corrected chi connectivity index (χ2v) is 6.39. The van der Waals surface area contributed by atoms with Gasteiger partial charge in [0.05, 0.1) is 18.3 Å². The number of nitrogens with zero attached hydrogens (tertiary/aromatic N) is 1. The van der Waals surface area contributed by atoms with Crippen molar-refractivity contribution in [3.05, 3.63) is 12.2 Å². The van der Waals surface area contributed by atoms with Crippen molar-refractivity contribution in [2.45, 2.75) is 38.4 Å². The van der Waals surface area contributed by atoms with Crippen LogP contribution < -0.4 is 0 Å². The normalized spacial score (nSPS) is 57.4. The van der Waals surface area contributed by atoms with Gasteiger partial charge in [0, 0.05) is 6.42 Å². The zero-order valence-electron chi connectivity index (χ0n) is 10.3. The van der Waals surface area contributed by atoms with E-state index in [-0.39, 0.29) is 0 Å². The van der Waals surface area contributed by atoms with E-state index < -0.39 is 0 Å². The van der Waals surface area contributed by atoms with E-state index in [1.807, 2.05) is 0 Å². The lowest BCUT2D eigenvalue weighted by Crippen LogP contribution is -2.40. The predicted octanol–water partition coefficient (Wildman–Crippen LogP) is 2.76. The molecule has 2 saturated heterocycles. The maximum Gasteiger partial charge on any atom is 0.0648 e. The van der Waals surface area contributed by atoms with Crippen LogP contribution in [-0.2, 0) is 4.74 Å². The lowest BCUT2D eigenvalue weighted by atomic mass is 9.64. The summed E-state index contributed by atoms with van der Waals surface area (Å²) in [6.07, 6.45) is 8.95. The van der Waals surface area contributed by atoms with Crippen molar-refractivity contribution in [3.8, 4) is 6.07 Å². The van der Waals surface area contributed by atoms with E-state index >= 15 is 0 Å². The topological polar surface area (TPSA) is 33.0 Å². The number of rotatable bonds is 2. The first-order valence-electron chi connectivity index (χ1n) is 7.02. The Morgan fingerprint density at radius 2 is 1.94 bits per heavy atom. The third-order valence-electron chi connectivity index (χ3n) is 5.86. The van der Waals surface area contributed by atoms with Gasteiger partial charge in [-0.15, -0.1) is 0 Å². The van der Waals surface area contributed by atoms with Crippen LogP contribution in [-0.4, -0.2) is 12.2 Å². The SMILES string of the molecule is CC1C(CCC#N)C2OC1C1C3C=CC(C3)C21. The summed E-state index contributed by atoms with van der Waals surface area (Å²) in [4.78, 5) is 0. The minimum atomic E-state index is 0.466. The first kappa shape index (κ1) is 10.1. The van der Waals surface area contributed by atoms with Gasteiger partial charge in [0.1, 0.15) is 0 Å². The number of nitriles is 1. The zero-order valence-corrected chi connectivity index (χ0v) is 10.3. The van der Waals surface area contributed by atoms with E-state index in [2.05, 4.69) is 25.1 Å². The molecule has 90 valence electrons. The number of allylic oxidation sites excluding steroid dienone is 2. The highest BCUT2D eigenvalue weighted by atomic mass is 16.5. The van der Waals surface area contributed by atoms with Crippen molar-refractivity contribution in [3.63, 3.8) is 0 Å². The molecule has 0 aromatic carbocycles. The Morgan fingerprint density at radius 1 is 1.24 bits per heavy atom. The summed E-state index contributed by atoms with van der Waals surface area (Å²) in [6, 6.07) is 2.30.